The maximum Gasteiger partial charge on any atom is 0.328 e. The van der Waals surface area contributed by atoms with E-state index in [9.17, 15) is 13.2 Å². The number of hydrogen-bond donors (Lipinski definition) is 2. The number of sulfonamides is 1. The quantitative estimate of drug-likeness (QED) is 0.583. The molecule has 0 aliphatic carbocycles. The first kappa shape index (κ1) is 20.6. The molecule has 0 aliphatic heterocycles. The summed E-state index contributed by atoms with van der Waals surface area (Å²) >= 11 is 0. The van der Waals surface area contributed by atoms with Crippen molar-refractivity contribution in [3.8, 4) is 0 Å². The SMILES string of the molecule is Cc1cc(C)c(C)c(S(=O)(=O)Nc2cc(C=CC(=O)O)cc3ccccc23)c1C. The minimum Gasteiger partial charge on any atom is -0.478 e. The fraction of sp³-hybridized carbons (Fsp3) is 0.174. The molecule has 0 fully saturated rings. The lowest BCUT2D eigenvalue weighted by Crippen LogP contribution is -2.17. The van der Waals surface area contributed by atoms with E-state index in [0.29, 0.717) is 22.4 Å². The Morgan fingerprint density at radius 2 is 1.59 bits per heavy atom. The lowest BCUT2D eigenvalue weighted by atomic mass is 10.0. The van der Waals surface area contributed by atoms with Crippen LogP contribution in [0.2, 0.25) is 0 Å². The second kappa shape index (κ2) is 7.72. The van der Waals surface area contributed by atoms with E-state index < -0.39 is 16.0 Å². The van der Waals surface area contributed by atoms with Crippen LogP contribution in [0.4, 0.5) is 5.69 Å². The van der Waals surface area contributed by atoms with Gasteiger partial charge >= 0.3 is 5.97 Å². The first-order valence-corrected chi connectivity index (χ1v) is 10.6. The van der Waals surface area contributed by atoms with Gasteiger partial charge in [-0.15, -0.1) is 0 Å². The predicted octanol–water partition coefficient (Wildman–Crippen LogP) is 4.97. The predicted molar refractivity (Wildman–Crippen MR) is 117 cm³/mol. The summed E-state index contributed by atoms with van der Waals surface area (Å²) in [6.07, 6.45) is 2.47. The molecule has 0 heterocycles. The average molecular weight is 410 g/mol. The first-order chi connectivity index (χ1) is 13.6. The van der Waals surface area contributed by atoms with Gasteiger partial charge in [0.05, 0.1) is 10.6 Å². The Bertz CT molecular complexity index is 1230. The Kier molecular flexibility index (Phi) is 5.48. The molecule has 0 unspecified atom stereocenters. The highest BCUT2D eigenvalue weighted by atomic mass is 32.2. The number of aryl methyl sites for hydroxylation is 2. The topological polar surface area (TPSA) is 83.5 Å². The molecule has 5 nitrogen and oxygen atoms in total. The molecule has 0 atom stereocenters. The van der Waals surface area contributed by atoms with Crippen LogP contribution in [0, 0.1) is 27.7 Å². The van der Waals surface area contributed by atoms with Crippen molar-refractivity contribution in [3.05, 3.63) is 76.4 Å². The Morgan fingerprint density at radius 3 is 2.21 bits per heavy atom. The molecule has 150 valence electrons. The van der Waals surface area contributed by atoms with Crippen LogP contribution in [-0.2, 0) is 14.8 Å². The van der Waals surface area contributed by atoms with E-state index in [1.165, 1.54) is 6.08 Å². The Balaban J connectivity index is 2.18. The number of carbonyl (C=O) groups is 1. The van der Waals surface area contributed by atoms with Gasteiger partial charge in [-0.25, -0.2) is 13.2 Å². The van der Waals surface area contributed by atoms with Gasteiger partial charge in [0.2, 0.25) is 0 Å². The largest absolute Gasteiger partial charge is 0.478 e. The van der Waals surface area contributed by atoms with E-state index in [4.69, 9.17) is 5.11 Å². The van der Waals surface area contributed by atoms with Crippen molar-refractivity contribution in [1.82, 2.24) is 0 Å². The van der Waals surface area contributed by atoms with Crippen molar-refractivity contribution >= 4 is 38.5 Å². The zero-order valence-electron chi connectivity index (χ0n) is 16.8. The summed E-state index contributed by atoms with van der Waals surface area (Å²) in [5.41, 5.74) is 4.26. The number of fused-ring (bicyclic) bond motifs is 1. The molecular weight excluding hydrogens is 386 g/mol. The van der Waals surface area contributed by atoms with Gasteiger partial charge in [0.25, 0.3) is 10.0 Å². The number of benzene rings is 3. The smallest absolute Gasteiger partial charge is 0.328 e. The molecule has 29 heavy (non-hydrogen) atoms. The number of nitrogens with one attached hydrogen (secondary N) is 1. The van der Waals surface area contributed by atoms with Crippen LogP contribution < -0.4 is 4.72 Å². The summed E-state index contributed by atoms with van der Waals surface area (Å²) < 4.78 is 29.4. The van der Waals surface area contributed by atoms with Crippen LogP contribution in [0.5, 0.6) is 0 Å². The summed E-state index contributed by atoms with van der Waals surface area (Å²) in [5.74, 6) is -1.07. The standard InChI is InChI=1S/C23H23NO4S/c1-14-11-15(2)17(4)23(16(14)3)29(27,28)24-21-13-18(9-10-22(25)26)12-19-7-5-6-8-20(19)21/h5-13,24H,1-4H3,(H,25,26). The fourth-order valence-electron chi connectivity index (χ4n) is 3.46. The second-order valence-electron chi connectivity index (χ2n) is 7.16. The third-order valence-corrected chi connectivity index (χ3v) is 6.75. The summed E-state index contributed by atoms with van der Waals surface area (Å²) in [4.78, 5) is 11.2. The highest BCUT2D eigenvalue weighted by molar-refractivity contribution is 7.92. The van der Waals surface area contributed by atoms with Gasteiger partial charge in [-0.1, -0.05) is 30.3 Å². The van der Waals surface area contributed by atoms with Crippen molar-refractivity contribution in [2.24, 2.45) is 0 Å². The number of carboxylic acid groups (broad SMARTS) is 1. The zero-order chi connectivity index (χ0) is 21.3. The van der Waals surface area contributed by atoms with Crippen molar-refractivity contribution in [2.75, 3.05) is 4.72 Å². The van der Waals surface area contributed by atoms with Crippen molar-refractivity contribution in [1.29, 1.82) is 0 Å². The maximum absolute atomic E-state index is 13.3. The summed E-state index contributed by atoms with van der Waals surface area (Å²) in [6.45, 7) is 7.40. The Morgan fingerprint density at radius 1 is 0.966 bits per heavy atom. The second-order valence-corrected chi connectivity index (χ2v) is 8.78. The van der Waals surface area contributed by atoms with Gasteiger partial charge in [0, 0.05) is 11.5 Å². The molecule has 0 aromatic heterocycles. The Hall–Kier alpha value is -3.12. The van der Waals surface area contributed by atoms with Crippen LogP contribution in [0.1, 0.15) is 27.8 Å². The molecule has 0 bridgehead atoms. The molecule has 0 radical (unpaired) electrons. The third kappa shape index (κ3) is 4.17. The summed E-state index contributed by atoms with van der Waals surface area (Å²) in [7, 11) is -3.85. The van der Waals surface area contributed by atoms with Crippen molar-refractivity contribution in [2.45, 2.75) is 32.6 Å². The van der Waals surface area contributed by atoms with Gasteiger partial charge < -0.3 is 5.11 Å². The van der Waals surface area contributed by atoms with Crippen LogP contribution in [0.3, 0.4) is 0 Å². The van der Waals surface area contributed by atoms with Crippen molar-refractivity contribution < 1.29 is 18.3 Å². The molecule has 0 saturated heterocycles. The van der Waals surface area contributed by atoms with E-state index in [0.717, 1.165) is 28.0 Å². The van der Waals surface area contributed by atoms with Gasteiger partial charge in [-0.05, 0) is 79.1 Å². The molecule has 3 aromatic rings. The van der Waals surface area contributed by atoms with Crippen LogP contribution in [-0.4, -0.2) is 19.5 Å². The van der Waals surface area contributed by atoms with Gasteiger partial charge in [-0.3, -0.25) is 4.72 Å². The minimum absolute atomic E-state index is 0.283. The van der Waals surface area contributed by atoms with E-state index in [1.807, 2.05) is 50.2 Å². The van der Waals surface area contributed by atoms with Gasteiger partial charge in [0.15, 0.2) is 0 Å². The monoisotopic (exact) mass is 409 g/mol. The molecule has 6 heteroatoms. The molecule has 0 aliphatic rings. The lowest BCUT2D eigenvalue weighted by Gasteiger charge is -2.18. The molecule has 2 N–H and O–H groups in total. The highest BCUT2D eigenvalue weighted by Crippen LogP contribution is 2.31. The van der Waals surface area contributed by atoms with E-state index >= 15 is 0 Å². The number of hydrogen-bond acceptors (Lipinski definition) is 3. The highest BCUT2D eigenvalue weighted by Gasteiger charge is 2.23. The van der Waals surface area contributed by atoms with E-state index in [-0.39, 0.29) is 4.90 Å². The number of aliphatic carboxylic acids is 1. The van der Waals surface area contributed by atoms with Crippen molar-refractivity contribution in [3.63, 3.8) is 0 Å². The number of carboxylic acids is 1. The lowest BCUT2D eigenvalue weighted by molar-refractivity contribution is -0.131. The third-order valence-electron chi connectivity index (χ3n) is 5.11. The minimum atomic E-state index is -3.85. The molecule has 0 amide bonds. The van der Waals surface area contributed by atoms with Gasteiger partial charge in [0.1, 0.15) is 0 Å². The molecule has 0 spiro atoms. The average Bonchev–Trinajstić information content (AvgIpc) is 2.64. The molecule has 0 saturated carbocycles. The normalized spacial score (nSPS) is 11.9. The Labute approximate surface area is 170 Å². The van der Waals surface area contributed by atoms with Crippen LogP contribution >= 0.6 is 0 Å². The fourth-order valence-corrected chi connectivity index (χ4v) is 5.15. The number of anilines is 1. The number of rotatable bonds is 5. The molecular formula is C23H23NO4S. The first-order valence-electron chi connectivity index (χ1n) is 9.14. The van der Waals surface area contributed by atoms with Crippen LogP contribution in [0.25, 0.3) is 16.8 Å². The van der Waals surface area contributed by atoms with Crippen LogP contribution in [0.15, 0.2) is 53.4 Å². The van der Waals surface area contributed by atoms with E-state index in [1.54, 1.807) is 19.9 Å². The zero-order valence-corrected chi connectivity index (χ0v) is 17.6. The maximum atomic E-state index is 13.3. The molecule has 3 aromatic carbocycles. The molecule has 3 rings (SSSR count). The van der Waals surface area contributed by atoms with E-state index in [2.05, 4.69) is 4.72 Å². The summed E-state index contributed by atoms with van der Waals surface area (Å²) in [6, 6.07) is 12.8. The summed E-state index contributed by atoms with van der Waals surface area (Å²) in [5, 5.41) is 10.5. The van der Waals surface area contributed by atoms with Gasteiger partial charge in [-0.2, -0.15) is 0 Å².